The first kappa shape index (κ1) is 18.2. The zero-order chi connectivity index (χ0) is 15.5. The van der Waals surface area contributed by atoms with Gasteiger partial charge in [-0.1, -0.05) is 26.7 Å². The first-order valence-corrected chi connectivity index (χ1v) is 8.57. The number of aromatic nitrogens is 2. The summed E-state index contributed by atoms with van der Waals surface area (Å²) in [4.78, 5) is 12.1. The molecule has 0 fully saturated rings. The second-order valence-electron chi connectivity index (χ2n) is 5.00. The van der Waals surface area contributed by atoms with Crippen LogP contribution in [0.4, 0.5) is 5.69 Å². The van der Waals surface area contributed by atoms with Crippen molar-refractivity contribution in [2.45, 2.75) is 52.5 Å². The van der Waals surface area contributed by atoms with E-state index in [1.54, 1.807) is 6.20 Å². The number of rotatable bonds is 11. The first-order chi connectivity index (χ1) is 10.2. The number of nitrogens with zero attached hydrogens (tertiary/aromatic N) is 2. The van der Waals surface area contributed by atoms with Gasteiger partial charge in [0.05, 0.1) is 11.9 Å². The summed E-state index contributed by atoms with van der Waals surface area (Å²) in [6, 6.07) is 0. The maximum Gasteiger partial charge on any atom is 0.283 e. The van der Waals surface area contributed by atoms with Crippen LogP contribution in [0.2, 0.25) is 0 Å². The third-order valence-corrected chi connectivity index (χ3v) is 3.90. The van der Waals surface area contributed by atoms with Crippen molar-refractivity contribution < 1.29 is 4.74 Å². The van der Waals surface area contributed by atoms with E-state index in [9.17, 15) is 4.79 Å². The van der Waals surface area contributed by atoms with Gasteiger partial charge in [-0.2, -0.15) is 5.10 Å². The third-order valence-electron chi connectivity index (χ3n) is 3.13. The van der Waals surface area contributed by atoms with Gasteiger partial charge in [0, 0.05) is 26.3 Å². The van der Waals surface area contributed by atoms with Gasteiger partial charge in [0.25, 0.3) is 5.56 Å². The molecule has 1 rings (SSSR count). The van der Waals surface area contributed by atoms with Crippen LogP contribution >= 0.6 is 15.9 Å². The fourth-order valence-electron chi connectivity index (χ4n) is 1.80. The lowest BCUT2D eigenvalue weighted by atomic mass is 10.3. The summed E-state index contributed by atoms with van der Waals surface area (Å²) in [6.45, 7) is 7.25. The number of hydrogen-bond donors (Lipinski definition) is 1. The molecule has 6 heteroatoms. The Morgan fingerprint density at radius 3 is 2.67 bits per heavy atom. The minimum atomic E-state index is -0.0763. The third kappa shape index (κ3) is 6.61. The Hall–Kier alpha value is -0.880. The molecule has 21 heavy (non-hydrogen) atoms. The molecule has 1 heterocycles. The largest absolute Gasteiger partial charge is 0.383 e. The van der Waals surface area contributed by atoms with E-state index in [1.807, 2.05) is 0 Å². The molecule has 0 aliphatic heterocycles. The van der Waals surface area contributed by atoms with Gasteiger partial charge >= 0.3 is 0 Å². The summed E-state index contributed by atoms with van der Waals surface area (Å²) in [5, 5.41) is 7.42. The fraction of sp³-hybridized carbons (Fsp3) is 0.733. The average Bonchev–Trinajstić information content (AvgIpc) is 2.49. The molecule has 0 aromatic carbocycles. The van der Waals surface area contributed by atoms with Gasteiger partial charge in [0.15, 0.2) is 0 Å². The zero-order valence-electron chi connectivity index (χ0n) is 13.0. The number of aryl methyl sites for hydroxylation is 1. The fourth-order valence-corrected chi connectivity index (χ4v) is 2.25. The molecule has 0 amide bonds. The van der Waals surface area contributed by atoms with Crippen LogP contribution in [0, 0.1) is 0 Å². The monoisotopic (exact) mass is 359 g/mol. The molecule has 0 aliphatic rings. The van der Waals surface area contributed by atoms with Crippen molar-refractivity contribution in [3.8, 4) is 0 Å². The summed E-state index contributed by atoms with van der Waals surface area (Å²) in [5.74, 6) is 0. The molecule has 0 saturated heterocycles. The van der Waals surface area contributed by atoms with Crippen LogP contribution in [0.5, 0.6) is 0 Å². The van der Waals surface area contributed by atoms with Gasteiger partial charge in [-0.15, -0.1) is 0 Å². The van der Waals surface area contributed by atoms with E-state index in [-0.39, 0.29) is 5.56 Å². The minimum absolute atomic E-state index is 0.0763. The summed E-state index contributed by atoms with van der Waals surface area (Å²) < 4.78 is 7.56. The van der Waals surface area contributed by atoms with Gasteiger partial charge in [0.2, 0.25) is 0 Å². The molecule has 0 atom stereocenters. The van der Waals surface area contributed by atoms with Crippen LogP contribution in [0.15, 0.2) is 15.5 Å². The number of unbranched alkanes of at least 4 members (excludes halogenated alkanes) is 2. The van der Waals surface area contributed by atoms with Crippen molar-refractivity contribution in [1.29, 1.82) is 0 Å². The molecular weight excluding hydrogens is 334 g/mol. The Bertz CT molecular complexity index is 463. The van der Waals surface area contributed by atoms with Gasteiger partial charge in [0.1, 0.15) is 4.47 Å². The lowest BCUT2D eigenvalue weighted by molar-refractivity contribution is 0.131. The quantitative estimate of drug-likeness (QED) is 0.615. The van der Waals surface area contributed by atoms with E-state index in [2.05, 4.69) is 40.2 Å². The zero-order valence-corrected chi connectivity index (χ0v) is 14.6. The van der Waals surface area contributed by atoms with Crippen molar-refractivity contribution in [2.24, 2.45) is 0 Å². The molecule has 1 aromatic heterocycles. The Balaban J connectivity index is 2.38. The van der Waals surface area contributed by atoms with E-state index in [0.717, 1.165) is 57.6 Å². The summed E-state index contributed by atoms with van der Waals surface area (Å²) in [7, 11) is 0. The van der Waals surface area contributed by atoms with E-state index in [4.69, 9.17) is 4.74 Å². The van der Waals surface area contributed by atoms with Gasteiger partial charge in [-0.25, -0.2) is 4.68 Å². The van der Waals surface area contributed by atoms with Gasteiger partial charge in [-0.3, -0.25) is 4.79 Å². The number of halogens is 1. The lowest BCUT2D eigenvalue weighted by Gasteiger charge is -2.10. The SMILES string of the molecule is CCCCOCCCNc1cnn(CCCC)c(=O)c1Br. The molecule has 0 saturated carbocycles. The second kappa shape index (κ2) is 10.8. The van der Waals surface area contributed by atoms with Crippen LogP contribution in [0.1, 0.15) is 46.0 Å². The maximum atomic E-state index is 12.1. The summed E-state index contributed by atoms with van der Waals surface area (Å²) >= 11 is 3.36. The topological polar surface area (TPSA) is 56.1 Å². The predicted octanol–water partition coefficient (Wildman–Crippen LogP) is 3.42. The standard InChI is InChI=1S/C15H26BrN3O2/c1-3-5-9-19-15(20)14(16)13(12-18-19)17-8-7-11-21-10-6-4-2/h12,17H,3-11H2,1-2H3. The Morgan fingerprint density at radius 1 is 1.24 bits per heavy atom. The molecule has 0 radical (unpaired) electrons. The molecular formula is C15H26BrN3O2. The van der Waals surface area contributed by atoms with Crippen molar-refractivity contribution in [3.05, 3.63) is 21.0 Å². The number of hydrogen-bond acceptors (Lipinski definition) is 4. The van der Waals surface area contributed by atoms with Gasteiger partial charge in [-0.05, 0) is 35.2 Å². The Morgan fingerprint density at radius 2 is 1.95 bits per heavy atom. The normalized spacial score (nSPS) is 10.8. The minimum Gasteiger partial charge on any atom is -0.383 e. The Labute approximate surface area is 135 Å². The second-order valence-corrected chi connectivity index (χ2v) is 5.79. The first-order valence-electron chi connectivity index (χ1n) is 7.77. The number of anilines is 1. The molecule has 120 valence electrons. The molecule has 5 nitrogen and oxygen atoms in total. The van der Waals surface area contributed by atoms with Crippen molar-refractivity contribution >= 4 is 21.6 Å². The van der Waals surface area contributed by atoms with Crippen LogP contribution in [0.3, 0.4) is 0 Å². The number of ether oxygens (including phenoxy) is 1. The smallest absolute Gasteiger partial charge is 0.283 e. The van der Waals surface area contributed by atoms with Crippen LogP contribution < -0.4 is 10.9 Å². The molecule has 1 aromatic rings. The van der Waals surface area contributed by atoms with E-state index >= 15 is 0 Å². The highest BCUT2D eigenvalue weighted by molar-refractivity contribution is 9.10. The maximum absolute atomic E-state index is 12.1. The van der Waals surface area contributed by atoms with E-state index < -0.39 is 0 Å². The highest BCUT2D eigenvalue weighted by Gasteiger charge is 2.07. The van der Waals surface area contributed by atoms with E-state index in [0.29, 0.717) is 11.0 Å². The van der Waals surface area contributed by atoms with Crippen LogP contribution in [-0.4, -0.2) is 29.5 Å². The van der Waals surface area contributed by atoms with Crippen LogP contribution in [0.25, 0.3) is 0 Å². The summed E-state index contributed by atoms with van der Waals surface area (Å²) in [5.41, 5.74) is 0.675. The molecule has 1 N–H and O–H groups in total. The lowest BCUT2D eigenvalue weighted by Crippen LogP contribution is -2.24. The highest BCUT2D eigenvalue weighted by atomic mass is 79.9. The molecule has 0 aliphatic carbocycles. The molecule has 0 spiro atoms. The Kier molecular flexibility index (Phi) is 9.34. The van der Waals surface area contributed by atoms with Crippen molar-refractivity contribution in [3.63, 3.8) is 0 Å². The molecule has 0 unspecified atom stereocenters. The number of nitrogens with one attached hydrogen (secondary N) is 1. The predicted molar refractivity (Wildman–Crippen MR) is 89.9 cm³/mol. The molecule has 0 bridgehead atoms. The van der Waals surface area contributed by atoms with Crippen molar-refractivity contribution in [2.75, 3.05) is 25.1 Å². The van der Waals surface area contributed by atoms with Gasteiger partial charge < -0.3 is 10.1 Å². The highest BCUT2D eigenvalue weighted by Crippen LogP contribution is 2.16. The average molecular weight is 360 g/mol. The van der Waals surface area contributed by atoms with Crippen LogP contribution in [-0.2, 0) is 11.3 Å². The summed E-state index contributed by atoms with van der Waals surface area (Å²) in [6.07, 6.45) is 6.89. The van der Waals surface area contributed by atoms with Crippen molar-refractivity contribution in [1.82, 2.24) is 9.78 Å². The van der Waals surface area contributed by atoms with E-state index in [1.165, 1.54) is 4.68 Å².